The Morgan fingerprint density at radius 2 is 1.90 bits per heavy atom. The topological polar surface area (TPSA) is 58.2 Å². The monoisotopic (exact) mass is 434 g/mol. The van der Waals surface area contributed by atoms with Gasteiger partial charge in [-0.1, -0.05) is 0 Å². The highest BCUT2D eigenvalue weighted by atomic mass is 79.9. The van der Waals surface area contributed by atoms with E-state index in [0.717, 1.165) is 8.26 Å². The molecule has 0 saturated heterocycles. The molecule has 0 bridgehead atoms. The van der Waals surface area contributed by atoms with Gasteiger partial charge in [-0.3, -0.25) is 9.59 Å². The molecule has 2 N–H and O–H groups in total. The van der Waals surface area contributed by atoms with Crippen LogP contribution in [0.4, 0.5) is 15.8 Å². The summed E-state index contributed by atoms with van der Waals surface area (Å²) in [5, 5.41) is 5.01. The summed E-state index contributed by atoms with van der Waals surface area (Å²) in [6, 6.07) is 5.61. The second-order valence-electron chi connectivity index (χ2n) is 4.06. The summed E-state index contributed by atoms with van der Waals surface area (Å²) in [6.45, 7) is 1.35. The van der Waals surface area contributed by atoms with Crippen LogP contribution in [0.1, 0.15) is 16.6 Å². The molecule has 2 rings (SSSR count). The van der Waals surface area contributed by atoms with Crippen LogP contribution in [-0.2, 0) is 4.79 Å². The summed E-state index contributed by atoms with van der Waals surface area (Å²) in [4.78, 5) is 23.5. The predicted molar refractivity (Wildman–Crippen MR) is 88.4 cm³/mol. The lowest BCUT2D eigenvalue weighted by Gasteiger charge is -2.08. The molecule has 1 aromatic carbocycles. The number of nitrogens with one attached hydrogen (secondary N) is 2. The molecule has 0 spiro atoms. The molecule has 0 aliphatic carbocycles. The first-order chi connectivity index (χ1) is 9.86. The van der Waals surface area contributed by atoms with Crippen molar-refractivity contribution in [1.82, 2.24) is 0 Å². The fraction of sp³-hybridized carbons (Fsp3) is 0.0769. The maximum atomic E-state index is 13.7. The molecule has 0 radical (unpaired) electrons. The molecule has 21 heavy (non-hydrogen) atoms. The molecular formula is C13H9Br2FN2O2S. The Bertz CT molecular complexity index is 699. The first-order valence-electron chi connectivity index (χ1n) is 5.70. The summed E-state index contributed by atoms with van der Waals surface area (Å²) in [6.07, 6.45) is 0. The van der Waals surface area contributed by atoms with Crippen molar-refractivity contribution < 1.29 is 14.0 Å². The van der Waals surface area contributed by atoms with Gasteiger partial charge in [0.1, 0.15) is 5.82 Å². The third-order valence-electron chi connectivity index (χ3n) is 2.40. The predicted octanol–water partition coefficient (Wildman–Crippen LogP) is 4.62. The van der Waals surface area contributed by atoms with E-state index in [1.165, 1.54) is 36.5 Å². The standard InChI is InChI=1S/C13H9Br2FN2O2S/c1-6(19)17-7-2-3-9(16)10(4-7)18-13(20)11-5-8(14)12(15)21-11/h2-5H,1H3,(H,17,19)(H,18,20). The van der Waals surface area contributed by atoms with Crippen molar-refractivity contribution in [2.75, 3.05) is 10.6 Å². The zero-order valence-corrected chi connectivity index (χ0v) is 14.7. The van der Waals surface area contributed by atoms with Crippen molar-refractivity contribution in [3.63, 3.8) is 0 Å². The number of rotatable bonds is 3. The maximum absolute atomic E-state index is 13.7. The van der Waals surface area contributed by atoms with E-state index < -0.39 is 11.7 Å². The van der Waals surface area contributed by atoms with E-state index in [-0.39, 0.29) is 11.6 Å². The van der Waals surface area contributed by atoms with E-state index >= 15 is 0 Å². The van der Waals surface area contributed by atoms with Crippen LogP contribution in [0.2, 0.25) is 0 Å². The maximum Gasteiger partial charge on any atom is 0.265 e. The van der Waals surface area contributed by atoms with Gasteiger partial charge < -0.3 is 10.6 Å². The highest BCUT2D eigenvalue weighted by Gasteiger charge is 2.14. The molecular weight excluding hydrogens is 427 g/mol. The summed E-state index contributed by atoms with van der Waals surface area (Å²) < 4.78 is 15.3. The molecule has 1 heterocycles. The number of hydrogen-bond acceptors (Lipinski definition) is 3. The van der Waals surface area contributed by atoms with Gasteiger partial charge in [0, 0.05) is 17.1 Å². The number of anilines is 2. The molecule has 4 nitrogen and oxygen atoms in total. The van der Waals surface area contributed by atoms with Crippen molar-refractivity contribution >= 4 is 66.4 Å². The van der Waals surface area contributed by atoms with Crippen molar-refractivity contribution in [1.29, 1.82) is 0 Å². The van der Waals surface area contributed by atoms with Crippen molar-refractivity contribution in [3.05, 3.63) is 43.2 Å². The van der Waals surface area contributed by atoms with Crippen molar-refractivity contribution in [2.45, 2.75) is 6.92 Å². The van der Waals surface area contributed by atoms with Gasteiger partial charge in [0.2, 0.25) is 5.91 Å². The van der Waals surface area contributed by atoms with Crippen LogP contribution in [0, 0.1) is 5.82 Å². The minimum atomic E-state index is -0.577. The minimum absolute atomic E-state index is 0.00638. The van der Waals surface area contributed by atoms with E-state index in [1.54, 1.807) is 6.07 Å². The molecule has 1 aromatic heterocycles. The molecule has 0 aliphatic rings. The van der Waals surface area contributed by atoms with Crippen LogP contribution < -0.4 is 10.6 Å². The highest BCUT2D eigenvalue weighted by molar-refractivity contribution is 9.13. The smallest absolute Gasteiger partial charge is 0.265 e. The molecule has 2 aromatic rings. The summed E-state index contributed by atoms with van der Waals surface area (Å²) in [7, 11) is 0. The average Bonchev–Trinajstić information content (AvgIpc) is 2.73. The zero-order valence-electron chi connectivity index (χ0n) is 10.7. The average molecular weight is 436 g/mol. The van der Waals surface area contributed by atoms with Crippen molar-refractivity contribution in [2.24, 2.45) is 0 Å². The Balaban J connectivity index is 2.22. The van der Waals surface area contributed by atoms with Gasteiger partial charge in [-0.25, -0.2) is 4.39 Å². The van der Waals surface area contributed by atoms with E-state index in [1.807, 2.05) is 0 Å². The molecule has 0 fully saturated rings. The quantitative estimate of drug-likeness (QED) is 0.738. The SMILES string of the molecule is CC(=O)Nc1ccc(F)c(NC(=O)c2cc(Br)c(Br)s2)c1. The lowest BCUT2D eigenvalue weighted by Crippen LogP contribution is -2.12. The number of halogens is 3. The van der Waals surface area contributed by atoms with E-state index in [4.69, 9.17) is 0 Å². The van der Waals surface area contributed by atoms with Gasteiger partial charge in [-0.15, -0.1) is 11.3 Å². The number of benzene rings is 1. The lowest BCUT2D eigenvalue weighted by molar-refractivity contribution is -0.114. The van der Waals surface area contributed by atoms with Crippen LogP contribution in [0.3, 0.4) is 0 Å². The largest absolute Gasteiger partial charge is 0.326 e. The Kier molecular flexibility index (Phi) is 5.13. The summed E-state index contributed by atoms with van der Waals surface area (Å²) in [5.41, 5.74) is 0.416. The van der Waals surface area contributed by atoms with Crippen LogP contribution in [0.25, 0.3) is 0 Å². The molecule has 0 unspecified atom stereocenters. The van der Waals surface area contributed by atoms with Gasteiger partial charge in [0.15, 0.2) is 0 Å². The molecule has 0 saturated carbocycles. The van der Waals surface area contributed by atoms with Gasteiger partial charge in [0.25, 0.3) is 5.91 Å². The van der Waals surface area contributed by atoms with Crippen LogP contribution in [0.5, 0.6) is 0 Å². The fourth-order valence-electron chi connectivity index (χ4n) is 1.54. The van der Waals surface area contributed by atoms with Gasteiger partial charge in [-0.2, -0.15) is 0 Å². The summed E-state index contributed by atoms with van der Waals surface area (Å²) >= 11 is 7.81. The zero-order chi connectivity index (χ0) is 15.6. The van der Waals surface area contributed by atoms with Crippen molar-refractivity contribution in [3.8, 4) is 0 Å². The van der Waals surface area contributed by atoms with Crippen LogP contribution >= 0.6 is 43.2 Å². The van der Waals surface area contributed by atoms with Crippen LogP contribution in [-0.4, -0.2) is 11.8 Å². The Morgan fingerprint density at radius 1 is 1.19 bits per heavy atom. The molecule has 0 atom stereocenters. The number of thiophene rings is 1. The first-order valence-corrected chi connectivity index (χ1v) is 8.10. The Morgan fingerprint density at radius 3 is 2.48 bits per heavy atom. The highest BCUT2D eigenvalue weighted by Crippen LogP contribution is 2.33. The third-order valence-corrected chi connectivity index (χ3v) is 5.66. The molecule has 2 amide bonds. The van der Waals surface area contributed by atoms with Gasteiger partial charge in [0.05, 0.1) is 14.4 Å². The molecule has 110 valence electrons. The molecule has 8 heteroatoms. The fourth-order valence-corrected chi connectivity index (χ4v) is 3.48. The van der Waals surface area contributed by atoms with E-state index in [2.05, 4.69) is 42.5 Å². The van der Waals surface area contributed by atoms with Gasteiger partial charge >= 0.3 is 0 Å². The molecule has 0 aliphatic heterocycles. The normalized spacial score (nSPS) is 10.3. The summed E-state index contributed by atoms with van der Waals surface area (Å²) in [5.74, 6) is -1.28. The number of amides is 2. The van der Waals surface area contributed by atoms with Gasteiger partial charge in [-0.05, 0) is 56.1 Å². The number of carbonyl (C=O) groups is 2. The Hall–Kier alpha value is -1.25. The van der Waals surface area contributed by atoms with E-state index in [0.29, 0.717) is 10.6 Å². The third kappa shape index (κ3) is 4.12. The second kappa shape index (κ2) is 6.67. The Labute approximate surface area is 141 Å². The van der Waals surface area contributed by atoms with E-state index in [9.17, 15) is 14.0 Å². The minimum Gasteiger partial charge on any atom is -0.326 e. The second-order valence-corrected chi connectivity index (χ2v) is 7.29. The number of carbonyl (C=O) groups excluding carboxylic acids is 2. The first kappa shape index (κ1) is 16.1. The lowest BCUT2D eigenvalue weighted by atomic mass is 10.2. The van der Waals surface area contributed by atoms with Crippen LogP contribution in [0.15, 0.2) is 32.5 Å². The number of hydrogen-bond donors (Lipinski definition) is 2.